The van der Waals surface area contributed by atoms with Crippen molar-refractivity contribution in [2.75, 3.05) is 18.0 Å². The van der Waals surface area contributed by atoms with Crippen molar-refractivity contribution in [1.82, 2.24) is 15.0 Å². The highest BCUT2D eigenvalue weighted by Gasteiger charge is 2.18. The Morgan fingerprint density at radius 1 is 1.00 bits per heavy atom. The van der Waals surface area contributed by atoms with Gasteiger partial charge in [-0.15, -0.1) is 0 Å². The van der Waals surface area contributed by atoms with E-state index in [9.17, 15) is 8.78 Å². The van der Waals surface area contributed by atoms with Crippen LogP contribution < -0.4 is 4.90 Å². The number of nitrogens with zero attached hydrogens (tertiary/aromatic N) is 4. The smallest absolute Gasteiger partial charge is 0.230 e. The molecule has 0 N–H and O–H groups in total. The molecular weight excluding hydrogens is 298 g/mol. The van der Waals surface area contributed by atoms with E-state index in [2.05, 4.69) is 15.0 Å². The van der Waals surface area contributed by atoms with Gasteiger partial charge in [-0.3, -0.25) is 0 Å². The molecule has 110 valence electrons. The molecule has 1 aliphatic heterocycles. The number of aromatic nitrogens is 3. The maximum Gasteiger partial charge on any atom is 0.230 e. The lowest BCUT2D eigenvalue weighted by atomic mass is 10.1. The van der Waals surface area contributed by atoms with E-state index in [0.29, 0.717) is 5.95 Å². The molecular formula is C14H13ClF2N4. The van der Waals surface area contributed by atoms with Crippen molar-refractivity contribution in [1.29, 1.82) is 0 Å². The number of hydrogen-bond donors (Lipinski definition) is 0. The summed E-state index contributed by atoms with van der Waals surface area (Å²) in [4.78, 5) is 14.3. The number of anilines is 1. The summed E-state index contributed by atoms with van der Waals surface area (Å²) in [6, 6.07) is 3.26. The molecule has 3 rings (SSSR count). The molecule has 0 spiro atoms. The van der Waals surface area contributed by atoms with Crippen LogP contribution in [0.2, 0.25) is 5.28 Å². The van der Waals surface area contributed by atoms with Crippen molar-refractivity contribution in [3.05, 3.63) is 35.1 Å². The van der Waals surface area contributed by atoms with Gasteiger partial charge in [-0.05, 0) is 43.0 Å². The summed E-state index contributed by atoms with van der Waals surface area (Å²) in [6.45, 7) is 1.68. The highest BCUT2D eigenvalue weighted by Crippen LogP contribution is 2.24. The van der Waals surface area contributed by atoms with E-state index in [1.807, 2.05) is 4.90 Å². The lowest BCUT2D eigenvalue weighted by Gasteiger charge is -2.26. The normalized spacial score (nSPS) is 15.3. The van der Waals surface area contributed by atoms with Crippen LogP contribution in [0.4, 0.5) is 14.7 Å². The number of rotatable bonds is 2. The molecule has 4 nitrogen and oxygen atoms in total. The molecule has 1 saturated heterocycles. The Hall–Kier alpha value is -1.82. The van der Waals surface area contributed by atoms with Crippen molar-refractivity contribution in [2.45, 2.75) is 19.3 Å². The maximum atomic E-state index is 13.8. The van der Waals surface area contributed by atoms with Crippen molar-refractivity contribution >= 4 is 17.5 Å². The van der Waals surface area contributed by atoms with Crippen molar-refractivity contribution < 1.29 is 8.78 Å². The zero-order valence-corrected chi connectivity index (χ0v) is 11.9. The first-order valence-corrected chi connectivity index (χ1v) is 7.13. The zero-order chi connectivity index (χ0) is 14.8. The second kappa shape index (κ2) is 5.89. The van der Waals surface area contributed by atoms with E-state index < -0.39 is 11.6 Å². The van der Waals surface area contributed by atoms with Gasteiger partial charge >= 0.3 is 0 Å². The molecule has 1 fully saturated rings. The highest BCUT2D eigenvalue weighted by atomic mass is 35.5. The van der Waals surface area contributed by atoms with Gasteiger partial charge in [0.25, 0.3) is 0 Å². The third kappa shape index (κ3) is 3.10. The second-order valence-electron chi connectivity index (χ2n) is 4.90. The average Bonchev–Trinajstić information content (AvgIpc) is 2.47. The molecule has 0 saturated carbocycles. The molecule has 1 aromatic carbocycles. The largest absolute Gasteiger partial charge is 0.341 e. The minimum Gasteiger partial charge on any atom is -0.341 e. The minimum atomic E-state index is -0.720. The van der Waals surface area contributed by atoms with Gasteiger partial charge in [-0.1, -0.05) is 0 Å². The van der Waals surface area contributed by atoms with Crippen LogP contribution in [0.3, 0.4) is 0 Å². The van der Waals surface area contributed by atoms with Crippen LogP contribution >= 0.6 is 11.6 Å². The summed E-state index contributed by atoms with van der Waals surface area (Å²) in [7, 11) is 0. The Morgan fingerprint density at radius 3 is 2.48 bits per heavy atom. The molecule has 1 aliphatic rings. The predicted molar refractivity (Wildman–Crippen MR) is 76.3 cm³/mol. The lowest BCUT2D eigenvalue weighted by Crippen LogP contribution is -2.31. The second-order valence-corrected chi connectivity index (χ2v) is 5.24. The Kier molecular flexibility index (Phi) is 3.96. The molecule has 7 heteroatoms. The summed E-state index contributed by atoms with van der Waals surface area (Å²) >= 11 is 5.92. The summed E-state index contributed by atoms with van der Waals surface area (Å²) < 4.78 is 26.8. The van der Waals surface area contributed by atoms with Crippen molar-refractivity contribution in [3.63, 3.8) is 0 Å². The van der Waals surface area contributed by atoms with Crippen LogP contribution in [0, 0.1) is 11.6 Å². The van der Waals surface area contributed by atoms with Gasteiger partial charge in [0.15, 0.2) is 5.82 Å². The fourth-order valence-corrected chi connectivity index (χ4v) is 2.52. The first kappa shape index (κ1) is 14.1. The minimum absolute atomic E-state index is 0.00398. The molecule has 0 atom stereocenters. The van der Waals surface area contributed by atoms with E-state index >= 15 is 0 Å². The molecule has 0 amide bonds. The topological polar surface area (TPSA) is 41.9 Å². The fourth-order valence-electron chi connectivity index (χ4n) is 2.37. The van der Waals surface area contributed by atoms with E-state index in [1.54, 1.807) is 0 Å². The highest BCUT2D eigenvalue weighted by molar-refractivity contribution is 6.28. The third-order valence-corrected chi connectivity index (χ3v) is 3.58. The van der Waals surface area contributed by atoms with Gasteiger partial charge in [-0.2, -0.15) is 15.0 Å². The average molecular weight is 311 g/mol. The van der Waals surface area contributed by atoms with Gasteiger partial charge in [0.1, 0.15) is 11.6 Å². The summed E-state index contributed by atoms with van der Waals surface area (Å²) in [5.41, 5.74) is 0.110. The summed E-state index contributed by atoms with van der Waals surface area (Å²) in [5, 5.41) is 0.00398. The molecule has 0 bridgehead atoms. The monoisotopic (exact) mass is 310 g/mol. The van der Waals surface area contributed by atoms with Gasteiger partial charge in [0.2, 0.25) is 11.2 Å². The SMILES string of the molecule is Fc1ccc(-c2nc(Cl)nc(N3CCCCC3)n2)c(F)c1. The molecule has 21 heavy (non-hydrogen) atoms. The van der Waals surface area contributed by atoms with Gasteiger partial charge in [0.05, 0.1) is 5.56 Å². The molecule has 0 radical (unpaired) electrons. The number of piperidine rings is 1. The van der Waals surface area contributed by atoms with Gasteiger partial charge in [0, 0.05) is 19.2 Å². The predicted octanol–water partition coefficient (Wildman–Crippen LogP) is 3.46. The Balaban J connectivity index is 2.00. The van der Waals surface area contributed by atoms with Crippen LogP contribution in [0.15, 0.2) is 18.2 Å². The molecule has 1 aromatic heterocycles. The Labute approximate surface area is 125 Å². The molecule has 2 heterocycles. The standard InChI is InChI=1S/C14H13ClF2N4/c15-13-18-12(10-5-4-9(16)8-11(10)17)19-14(20-13)21-6-2-1-3-7-21/h4-5,8H,1-3,6-7H2. The first-order valence-electron chi connectivity index (χ1n) is 6.75. The number of hydrogen-bond acceptors (Lipinski definition) is 4. The quantitative estimate of drug-likeness (QED) is 0.852. The first-order chi connectivity index (χ1) is 10.1. The van der Waals surface area contributed by atoms with Crippen LogP contribution in [-0.4, -0.2) is 28.0 Å². The van der Waals surface area contributed by atoms with E-state index in [-0.39, 0.29) is 16.7 Å². The maximum absolute atomic E-state index is 13.8. The number of benzene rings is 1. The third-order valence-electron chi connectivity index (χ3n) is 3.41. The molecule has 0 aliphatic carbocycles. The molecule has 0 unspecified atom stereocenters. The van der Waals surface area contributed by atoms with Crippen molar-refractivity contribution in [3.8, 4) is 11.4 Å². The number of halogens is 3. The molecule has 2 aromatic rings. The Morgan fingerprint density at radius 2 is 1.76 bits per heavy atom. The van der Waals surface area contributed by atoms with E-state index in [1.165, 1.54) is 12.5 Å². The van der Waals surface area contributed by atoms with Crippen LogP contribution in [-0.2, 0) is 0 Å². The lowest BCUT2D eigenvalue weighted by molar-refractivity contribution is 0.567. The van der Waals surface area contributed by atoms with Crippen LogP contribution in [0.25, 0.3) is 11.4 Å². The van der Waals surface area contributed by atoms with Crippen LogP contribution in [0.5, 0.6) is 0 Å². The van der Waals surface area contributed by atoms with Crippen molar-refractivity contribution in [2.24, 2.45) is 0 Å². The van der Waals surface area contributed by atoms with E-state index in [4.69, 9.17) is 11.6 Å². The summed E-state index contributed by atoms with van der Waals surface area (Å²) in [6.07, 6.45) is 3.29. The summed E-state index contributed by atoms with van der Waals surface area (Å²) in [5.74, 6) is -0.809. The Bertz CT molecular complexity index is 659. The van der Waals surface area contributed by atoms with Gasteiger partial charge < -0.3 is 4.90 Å². The zero-order valence-electron chi connectivity index (χ0n) is 11.2. The van der Waals surface area contributed by atoms with Crippen LogP contribution in [0.1, 0.15) is 19.3 Å². The van der Waals surface area contributed by atoms with Gasteiger partial charge in [-0.25, -0.2) is 8.78 Å². The fraction of sp³-hybridized carbons (Fsp3) is 0.357. The van der Waals surface area contributed by atoms with E-state index in [0.717, 1.165) is 38.1 Å².